The normalized spacial score (nSPS) is 23.4. The number of aromatic nitrogens is 1. The van der Waals surface area contributed by atoms with Crippen LogP contribution in [-0.4, -0.2) is 49.8 Å². The van der Waals surface area contributed by atoms with Crippen LogP contribution in [0.2, 0.25) is 0 Å². The smallest absolute Gasteiger partial charge is 0.205 e. The lowest BCUT2D eigenvalue weighted by Gasteiger charge is -2.31. The number of fused-ring (bicyclic) bond motifs is 1. The van der Waals surface area contributed by atoms with Gasteiger partial charge in [-0.2, -0.15) is 0 Å². The molecule has 1 aromatic heterocycles. The summed E-state index contributed by atoms with van der Waals surface area (Å²) in [5, 5.41) is -0.718. The Morgan fingerprint density at radius 2 is 2.07 bits per heavy atom. The van der Waals surface area contributed by atoms with Crippen molar-refractivity contribution in [2.24, 2.45) is 0 Å². The average molecular weight is 481 g/mol. The number of sulfone groups is 1. The Kier molecular flexibility index (Phi) is 6.13. The zero-order chi connectivity index (χ0) is 20.4. The maximum absolute atomic E-state index is 12.8. The fourth-order valence-electron chi connectivity index (χ4n) is 3.88. The zero-order valence-corrected chi connectivity index (χ0v) is 18.8. The van der Waals surface area contributed by atoms with Crippen LogP contribution in [0.5, 0.6) is 11.5 Å². The summed E-state index contributed by atoms with van der Waals surface area (Å²) in [5.41, 5.74) is 0.784. The van der Waals surface area contributed by atoms with Gasteiger partial charge in [-0.15, -0.1) is 0 Å². The molecule has 0 N–H and O–H groups in total. The number of benzene rings is 1. The molecular weight excluding hydrogens is 456 g/mol. The third kappa shape index (κ3) is 4.29. The van der Waals surface area contributed by atoms with E-state index in [1.54, 1.807) is 19.1 Å². The number of ether oxygens (including phenoxy) is 2. The van der Waals surface area contributed by atoms with Gasteiger partial charge in [0.2, 0.25) is 9.84 Å². The number of hydrogen-bond donors (Lipinski definition) is 0. The molecule has 2 aromatic rings. The van der Waals surface area contributed by atoms with E-state index in [1.807, 2.05) is 18.2 Å². The average Bonchev–Trinajstić information content (AvgIpc) is 3.23. The minimum absolute atomic E-state index is 0.0146. The van der Waals surface area contributed by atoms with Gasteiger partial charge in [-0.25, -0.2) is 13.4 Å². The highest BCUT2D eigenvalue weighted by Crippen LogP contribution is 2.41. The first kappa shape index (κ1) is 20.6. The van der Waals surface area contributed by atoms with Gasteiger partial charge < -0.3 is 14.4 Å². The Hall–Kier alpha value is -1.64. The number of hydrogen-bond acceptors (Lipinski definition) is 6. The molecule has 4 rings (SSSR count). The molecule has 2 aliphatic rings. The third-order valence-corrected chi connectivity index (χ3v) is 8.23. The maximum atomic E-state index is 12.8. The van der Waals surface area contributed by atoms with Gasteiger partial charge >= 0.3 is 0 Å². The molecule has 3 heterocycles. The van der Waals surface area contributed by atoms with Crippen LogP contribution in [0.15, 0.2) is 46.0 Å². The minimum atomic E-state index is -3.55. The SMILES string of the molecule is C[C@H]1[C@@H](c2ccc(OCCCN3CCCC3)c(Br)c2)Oc2cccnc2S1(=O)=O. The first-order chi connectivity index (χ1) is 14.0. The molecule has 6 nitrogen and oxygen atoms in total. The van der Waals surface area contributed by atoms with Crippen molar-refractivity contribution in [1.82, 2.24) is 9.88 Å². The van der Waals surface area contributed by atoms with Gasteiger partial charge in [-0.3, -0.25) is 0 Å². The van der Waals surface area contributed by atoms with Crippen molar-refractivity contribution >= 4 is 25.8 Å². The zero-order valence-electron chi connectivity index (χ0n) is 16.4. The van der Waals surface area contributed by atoms with E-state index in [2.05, 4.69) is 25.8 Å². The van der Waals surface area contributed by atoms with Crippen molar-refractivity contribution in [2.75, 3.05) is 26.2 Å². The molecule has 1 saturated heterocycles. The van der Waals surface area contributed by atoms with E-state index in [9.17, 15) is 8.42 Å². The summed E-state index contributed by atoms with van der Waals surface area (Å²) in [5.74, 6) is 1.05. The molecular formula is C21H25BrN2O4S. The molecule has 0 radical (unpaired) electrons. The fourth-order valence-corrected chi connectivity index (χ4v) is 5.88. The first-order valence-corrected chi connectivity index (χ1v) is 12.3. The second-order valence-electron chi connectivity index (χ2n) is 7.54. The molecule has 0 spiro atoms. The van der Waals surface area contributed by atoms with Gasteiger partial charge in [-0.1, -0.05) is 6.07 Å². The van der Waals surface area contributed by atoms with Crippen LogP contribution in [-0.2, 0) is 9.84 Å². The molecule has 1 aromatic carbocycles. The van der Waals surface area contributed by atoms with E-state index >= 15 is 0 Å². The second-order valence-corrected chi connectivity index (χ2v) is 10.6. The molecule has 156 valence electrons. The Balaban J connectivity index is 1.45. The highest BCUT2D eigenvalue weighted by molar-refractivity contribution is 9.10. The van der Waals surface area contributed by atoms with Crippen molar-refractivity contribution in [3.05, 3.63) is 46.6 Å². The van der Waals surface area contributed by atoms with Crippen LogP contribution in [0.3, 0.4) is 0 Å². The van der Waals surface area contributed by atoms with E-state index in [1.165, 1.54) is 32.1 Å². The van der Waals surface area contributed by atoms with Gasteiger partial charge in [-0.05, 0) is 85.0 Å². The van der Waals surface area contributed by atoms with E-state index in [-0.39, 0.29) is 5.03 Å². The highest BCUT2D eigenvalue weighted by atomic mass is 79.9. The van der Waals surface area contributed by atoms with Crippen LogP contribution >= 0.6 is 15.9 Å². The topological polar surface area (TPSA) is 68.7 Å². The highest BCUT2D eigenvalue weighted by Gasteiger charge is 2.41. The molecule has 0 amide bonds. The Morgan fingerprint density at radius 1 is 1.28 bits per heavy atom. The summed E-state index contributed by atoms with van der Waals surface area (Å²) in [6.07, 6.45) is 4.45. The number of halogens is 1. The van der Waals surface area contributed by atoms with Crippen molar-refractivity contribution in [2.45, 2.75) is 42.6 Å². The van der Waals surface area contributed by atoms with Crippen LogP contribution < -0.4 is 9.47 Å². The fraction of sp³-hybridized carbons (Fsp3) is 0.476. The van der Waals surface area contributed by atoms with Gasteiger partial charge in [0.05, 0.1) is 11.1 Å². The summed E-state index contributed by atoms with van der Waals surface area (Å²) in [6.45, 7) is 5.76. The van der Waals surface area contributed by atoms with Crippen molar-refractivity contribution < 1.29 is 17.9 Å². The summed E-state index contributed by atoms with van der Waals surface area (Å²) in [4.78, 5) is 6.48. The predicted molar refractivity (Wildman–Crippen MR) is 114 cm³/mol. The van der Waals surface area contributed by atoms with E-state index < -0.39 is 21.2 Å². The standard InChI is InChI=1S/C21H25BrN2O4S/c1-15-20(28-19-6-4-9-23-21(19)29(15,25)26)16-7-8-18(17(22)14-16)27-13-5-12-24-10-2-3-11-24/h4,6-9,14-15,20H,2-3,5,10-13H2,1H3/t15-,20-/m0/s1. The first-order valence-electron chi connectivity index (χ1n) is 9.97. The van der Waals surface area contributed by atoms with E-state index in [0.717, 1.165) is 28.8 Å². The van der Waals surface area contributed by atoms with Gasteiger partial charge in [0.1, 0.15) is 17.1 Å². The number of pyridine rings is 1. The molecule has 2 aliphatic heterocycles. The number of rotatable bonds is 6. The molecule has 1 fully saturated rings. The largest absolute Gasteiger partial charge is 0.492 e. The van der Waals surface area contributed by atoms with Gasteiger partial charge in [0, 0.05) is 12.7 Å². The Labute approximate surface area is 180 Å². The van der Waals surface area contributed by atoms with Crippen molar-refractivity contribution in [3.63, 3.8) is 0 Å². The molecule has 8 heteroatoms. The van der Waals surface area contributed by atoms with Crippen LogP contribution in [0.4, 0.5) is 0 Å². The van der Waals surface area contributed by atoms with Crippen molar-refractivity contribution in [1.29, 1.82) is 0 Å². The van der Waals surface area contributed by atoms with E-state index in [4.69, 9.17) is 9.47 Å². The lowest BCUT2D eigenvalue weighted by Crippen LogP contribution is -2.34. The second kappa shape index (κ2) is 8.62. The van der Waals surface area contributed by atoms with Gasteiger partial charge in [0.25, 0.3) is 0 Å². The molecule has 0 bridgehead atoms. The lowest BCUT2D eigenvalue weighted by molar-refractivity contribution is 0.186. The molecule has 2 atom stereocenters. The maximum Gasteiger partial charge on any atom is 0.205 e. The van der Waals surface area contributed by atoms with Gasteiger partial charge in [0.15, 0.2) is 10.8 Å². The van der Waals surface area contributed by atoms with Crippen LogP contribution in [0.1, 0.15) is 37.9 Å². The van der Waals surface area contributed by atoms with Crippen LogP contribution in [0, 0.1) is 0 Å². The number of likely N-dealkylation sites (tertiary alicyclic amines) is 1. The molecule has 0 unspecified atom stereocenters. The van der Waals surface area contributed by atoms with E-state index in [0.29, 0.717) is 12.4 Å². The third-order valence-electron chi connectivity index (χ3n) is 5.53. The summed E-state index contributed by atoms with van der Waals surface area (Å²) < 4.78 is 38.4. The van der Waals surface area contributed by atoms with Crippen LogP contribution in [0.25, 0.3) is 0 Å². The lowest BCUT2D eigenvalue weighted by atomic mass is 10.1. The summed E-state index contributed by atoms with van der Waals surface area (Å²) >= 11 is 3.56. The Morgan fingerprint density at radius 3 is 2.83 bits per heavy atom. The minimum Gasteiger partial charge on any atom is -0.492 e. The summed E-state index contributed by atoms with van der Waals surface area (Å²) in [6, 6.07) is 8.95. The monoisotopic (exact) mass is 480 g/mol. The Bertz CT molecular complexity index is 976. The van der Waals surface area contributed by atoms with Crippen molar-refractivity contribution in [3.8, 4) is 11.5 Å². The number of nitrogens with zero attached hydrogens (tertiary/aromatic N) is 2. The summed E-state index contributed by atoms with van der Waals surface area (Å²) in [7, 11) is -3.55. The molecule has 29 heavy (non-hydrogen) atoms. The molecule has 0 aliphatic carbocycles. The quantitative estimate of drug-likeness (QED) is 0.581. The predicted octanol–water partition coefficient (Wildman–Crippen LogP) is 4.00. The molecule has 0 saturated carbocycles.